The van der Waals surface area contributed by atoms with E-state index in [1.165, 1.54) is 0 Å². The first-order valence-corrected chi connectivity index (χ1v) is 8.02. The third-order valence-electron chi connectivity index (χ3n) is 4.18. The van der Waals surface area contributed by atoms with Gasteiger partial charge in [-0.2, -0.15) is 0 Å². The van der Waals surface area contributed by atoms with Gasteiger partial charge in [0.05, 0.1) is 5.92 Å². The predicted octanol–water partition coefficient (Wildman–Crippen LogP) is 4.11. The number of fused-ring (bicyclic) bond motifs is 1. The number of oxazole rings is 1. The number of carbonyl (C=O) groups is 1. The highest BCUT2D eigenvalue weighted by atomic mass is 16.3. The Morgan fingerprint density at radius 1 is 0.880 bits per heavy atom. The Morgan fingerprint density at radius 2 is 1.56 bits per heavy atom. The molecule has 0 fully saturated rings. The molecule has 25 heavy (non-hydrogen) atoms. The van der Waals surface area contributed by atoms with Crippen LogP contribution in [0.1, 0.15) is 17.0 Å². The molecule has 0 spiro atoms. The number of aromatic nitrogens is 1. The zero-order chi connectivity index (χ0) is 17.2. The van der Waals surface area contributed by atoms with Crippen molar-refractivity contribution in [3.8, 4) is 11.5 Å². The summed E-state index contributed by atoms with van der Waals surface area (Å²) in [6, 6.07) is 24.8. The second-order valence-corrected chi connectivity index (χ2v) is 5.86. The number of hydrogen-bond donors (Lipinski definition) is 1. The van der Waals surface area contributed by atoms with Crippen LogP contribution in [0, 0.1) is 0 Å². The Hall–Kier alpha value is -3.40. The summed E-state index contributed by atoms with van der Waals surface area (Å²) in [6.45, 7) is 0. The van der Waals surface area contributed by atoms with Gasteiger partial charge in [0.25, 0.3) is 0 Å². The normalized spacial score (nSPS) is 12.2. The summed E-state index contributed by atoms with van der Waals surface area (Å²) < 4.78 is 5.83. The van der Waals surface area contributed by atoms with Crippen LogP contribution < -0.4 is 5.73 Å². The molecule has 4 heteroatoms. The molecule has 1 heterocycles. The summed E-state index contributed by atoms with van der Waals surface area (Å²) in [5, 5.41) is 0. The first-order valence-electron chi connectivity index (χ1n) is 8.02. The molecule has 4 nitrogen and oxygen atoms in total. The third kappa shape index (κ3) is 2.90. The van der Waals surface area contributed by atoms with E-state index < -0.39 is 11.8 Å². The molecule has 0 saturated carbocycles. The number of primary amides is 1. The molecule has 1 unspecified atom stereocenters. The fourth-order valence-electron chi connectivity index (χ4n) is 2.99. The van der Waals surface area contributed by atoms with Crippen LogP contribution in [0.25, 0.3) is 22.6 Å². The molecule has 2 N–H and O–H groups in total. The van der Waals surface area contributed by atoms with Crippen LogP contribution in [0.3, 0.4) is 0 Å². The van der Waals surface area contributed by atoms with Crippen molar-refractivity contribution in [3.63, 3.8) is 0 Å². The highest BCUT2D eigenvalue weighted by molar-refractivity contribution is 5.87. The van der Waals surface area contributed by atoms with E-state index >= 15 is 0 Å². The molecule has 3 aromatic carbocycles. The van der Waals surface area contributed by atoms with Crippen molar-refractivity contribution in [3.05, 3.63) is 90.0 Å². The monoisotopic (exact) mass is 328 g/mol. The van der Waals surface area contributed by atoms with Crippen molar-refractivity contribution in [1.82, 2.24) is 4.98 Å². The van der Waals surface area contributed by atoms with E-state index in [0.717, 1.165) is 16.7 Å². The molecule has 122 valence electrons. The minimum absolute atomic E-state index is 0.391. The van der Waals surface area contributed by atoms with Crippen molar-refractivity contribution in [2.75, 3.05) is 0 Å². The lowest BCUT2D eigenvalue weighted by Gasteiger charge is -2.14. The van der Waals surface area contributed by atoms with Crippen LogP contribution in [0.15, 0.2) is 83.3 Å². The van der Waals surface area contributed by atoms with Crippen LogP contribution in [0.2, 0.25) is 0 Å². The second-order valence-electron chi connectivity index (χ2n) is 5.86. The van der Waals surface area contributed by atoms with Crippen LogP contribution in [-0.4, -0.2) is 10.9 Å². The Labute approximate surface area is 144 Å². The predicted molar refractivity (Wildman–Crippen MR) is 96.9 cm³/mol. The number of nitrogens with zero attached hydrogens (tertiary/aromatic N) is 1. The Kier molecular flexibility index (Phi) is 3.78. The molecule has 4 rings (SSSR count). The van der Waals surface area contributed by atoms with Gasteiger partial charge in [-0.15, -0.1) is 0 Å². The molecule has 4 aromatic rings. The van der Waals surface area contributed by atoms with Crippen LogP contribution in [0.5, 0.6) is 0 Å². The lowest BCUT2D eigenvalue weighted by Crippen LogP contribution is -2.22. The average Bonchev–Trinajstić information content (AvgIpc) is 3.07. The Balaban J connectivity index is 1.79. The fraction of sp³-hybridized carbons (Fsp3) is 0.0476. The maximum absolute atomic E-state index is 12.0. The number of benzene rings is 3. The van der Waals surface area contributed by atoms with Gasteiger partial charge < -0.3 is 10.2 Å². The lowest BCUT2D eigenvalue weighted by atomic mass is 9.90. The molecule has 0 aliphatic carbocycles. The van der Waals surface area contributed by atoms with Crippen LogP contribution in [0.4, 0.5) is 0 Å². The van der Waals surface area contributed by atoms with Gasteiger partial charge in [-0.05, 0) is 35.4 Å². The van der Waals surface area contributed by atoms with Gasteiger partial charge in [0.15, 0.2) is 5.58 Å². The minimum Gasteiger partial charge on any atom is -0.436 e. The highest BCUT2D eigenvalue weighted by Crippen LogP contribution is 2.29. The molecule has 1 atom stereocenters. The summed E-state index contributed by atoms with van der Waals surface area (Å²) in [4.78, 5) is 16.6. The summed E-state index contributed by atoms with van der Waals surface area (Å²) >= 11 is 0. The van der Waals surface area contributed by atoms with Crippen molar-refractivity contribution >= 4 is 17.0 Å². The summed E-state index contributed by atoms with van der Waals surface area (Å²) in [7, 11) is 0. The number of carbonyl (C=O) groups excluding carboxylic acids is 1. The molecular formula is C21H16N2O2. The lowest BCUT2D eigenvalue weighted by molar-refractivity contribution is -0.118. The summed E-state index contributed by atoms with van der Waals surface area (Å²) in [5.74, 6) is -0.345. The minimum atomic E-state index is -0.512. The van der Waals surface area contributed by atoms with E-state index in [2.05, 4.69) is 4.98 Å². The first kappa shape index (κ1) is 15.1. The summed E-state index contributed by atoms with van der Waals surface area (Å²) in [6.07, 6.45) is 0. The zero-order valence-corrected chi connectivity index (χ0v) is 13.4. The van der Waals surface area contributed by atoms with Gasteiger partial charge in [0, 0.05) is 5.56 Å². The molecular weight excluding hydrogens is 312 g/mol. The molecule has 0 aliphatic rings. The van der Waals surface area contributed by atoms with Gasteiger partial charge in [0.1, 0.15) is 5.52 Å². The first-order chi connectivity index (χ1) is 12.2. The van der Waals surface area contributed by atoms with E-state index in [1.54, 1.807) is 0 Å². The maximum Gasteiger partial charge on any atom is 0.229 e. The smallest absolute Gasteiger partial charge is 0.229 e. The number of hydrogen-bond acceptors (Lipinski definition) is 3. The molecule has 0 bridgehead atoms. The van der Waals surface area contributed by atoms with E-state index in [1.807, 2.05) is 78.9 Å². The Morgan fingerprint density at radius 3 is 2.24 bits per heavy atom. The van der Waals surface area contributed by atoms with Gasteiger partial charge in [-0.3, -0.25) is 4.79 Å². The fourth-order valence-corrected chi connectivity index (χ4v) is 2.99. The van der Waals surface area contributed by atoms with E-state index in [-0.39, 0.29) is 0 Å². The quantitative estimate of drug-likeness (QED) is 0.613. The van der Waals surface area contributed by atoms with Crippen molar-refractivity contribution in [2.24, 2.45) is 5.73 Å². The standard InChI is InChI=1S/C21H16N2O2/c22-20(24)19(14-7-3-1-4-8-14)16-11-12-18-17(13-16)23-21(25-18)15-9-5-2-6-10-15/h1-13,19H,(H2,22,24). The third-order valence-corrected chi connectivity index (χ3v) is 4.18. The van der Waals surface area contributed by atoms with Gasteiger partial charge in [-0.25, -0.2) is 4.98 Å². The molecule has 1 aromatic heterocycles. The second kappa shape index (κ2) is 6.24. The van der Waals surface area contributed by atoms with Crippen LogP contribution >= 0.6 is 0 Å². The maximum atomic E-state index is 12.0. The average molecular weight is 328 g/mol. The van der Waals surface area contributed by atoms with E-state index in [4.69, 9.17) is 10.2 Å². The van der Waals surface area contributed by atoms with E-state index in [9.17, 15) is 4.79 Å². The van der Waals surface area contributed by atoms with E-state index in [0.29, 0.717) is 17.0 Å². The van der Waals surface area contributed by atoms with Crippen molar-refractivity contribution in [2.45, 2.75) is 5.92 Å². The number of rotatable bonds is 4. The zero-order valence-electron chi connectivity index (χ0n) is 13.4. The van der Waals surface area contributed by atoms with Gasteiger partial charge >= 0.3 is 0 Å². The van der Waals surface area contributed by atoms with Crippen molar-refractivity contribution < 1.29 is 9.21 Å². The number of amides is 1. The molecule has 0 aliphatic heterocycles. The molecule has 1 amide bonds. The summed E-state index contributed by atoms with van der Waals surface area (Å²) in [5.41, 5.74) is 9.62. The SMILES string of the molecule is NC(=O)C(c1ccccc1)c1ccc2oc(-c3ccccc3)nc2c1. The molecule has 0 radical (unpaired) electrons. The Bertz CT molecular complexity index is 1020. The van der Waals surface area contributed by atoms with Gasteiger partial charge in [0.2, 0.25) is 11.8 Å². The topological polar surface area (TPSA) is 69.1 Å². The van der Waals surface area contributed by atoms with Gasteiger partial charge in [-0.1, -0.05) is 54.6 Å². The van der Waals surface area contributed by atoms with Crippen molar-refractivity contribution in [1.29, 1.82) is 0 Å². The van der Waals surface area contributed by atoms with Crippen LogP contribution in [-0.2, 0) is 4.79 Å². The highest BCUT2D eigenvalue weighted by Gasteiger charge is 2.21. The largest absolute Gasteiger partial charge is 0.436 e. The number of nitrogens with two attached hydrogens (primary N) is 1. The molecule has 0 saturated heterocycles.